The van der Waals surface area contributed by atoms with Gasteiger partial charge in [0, 0.05) is 0 Å². The first-order valence-electron chi connectivity index (χ1n) is 15.9. The van der Waals surface area contributed by atoms with E-state index in [1.165, 1.54) is 31.2 Å². The van der Waals surface area contributed by atoms with Crippen LogP contribution in [0.4, 0.5) is 0 Å². The highest BCUT2D eigenvalue weighted by Gasteiger charge is 2.41. The molecule has 4 nitrogen and oxygen atoms in total. The summed E-state index contributed by atoms with van der Waals surface area (Å²) in [6.07, 6.45) is 9.61. The average Bonchev–Trinajstić information content (AvgIpc) is 2.94. The predicted molar refractivity (Wildman–Crippen MR) is 164 cm³/mol. The van der Waals surface area contributed by atoms with Gasteiger partial charge in [0.25, 0.3) is 0 Å². The van der Waals surface area contributed by atoms with Crippen LogP contribution in [0.3, 0.4) is 0 Å². The van der Waals surface area contributed by atoms with Gasteiger partial charge in [-0.15, -0.1) is 0 Å². The summed E-state index contributed by atoms with van der Waals surface area (Å²) in [4.78, 5) is 0. The topological polar surface area (TPSA) is 36.9 Å². The van der Waals surface area contributed by atoms with Gasteiger partial charge in [0.2, 0.25) is 0 Å². The fourth-order valence-electron chi connectivity index (χ4n) is 6.93. The maximum absolute atomic E-state index is 6.36. The summed E-state index contributed by atoms with van der Waals surface area (Å²) in [6, 6.07) is 18.5. The molecule has 0 spiro atoms. The van der Waals surface area contributed by atoms with Gasteiger partial charge in [0.05, 0.1) is 12.2 Å². The van der Waals surface area contributed by atoms with Crippen LogP contribution in [-0.4, -0.2) is 24.8 Å². The molecule has 40 heavy (non-hydrogen) atoms. The van der Waals surface area contributed by atoms with E-state index in [2.05, 4.69) is 58.9 Å². The van der Waals surface area contributed by atoms with Gasteiger partial charge in [-0.3, -0.25) is 0 Å². The molecule has 0 N–H and O–H groups in total. The fourth-order valence-corrected chi connectivity index (χ4v) is 6.93. The molecule has 0 saturated heterocycles. The third kappa shape index (κ3) is 8.49. The summed E-state index contributed by atoms with van der Waals surface area (Å²) in [6.45, 7) is 15.9. The molecule has 0 radical (unpaired) electrons. The molecule has 0 amide bonds. The summed E-state index contributed by atoms with van der Waals surface area (Å²) in [7, 11) is 0. The maximum atomic E-state index is 6.36. The molecular weight excluding hydrogens is 496 g/mol. The normalized spacial score (nSPS) is 26.2. The highest BCUT2D eigenvalue weighted by molar-refractivity contribution is 5.29. The van der Waals surface area contributed by atoms with Gasteiger partial charge < -0.3 is 18.9 Å². The largest absolute Gasteiger partial charge is 0.465 e. The lowest BCUT2D eigenvalue weighted by Gasteiger charge is -2.47. The zero-order valence-corrected chi connectivity index (χ0v) is 26.1. The molecule has 4 heteroatoms. The smallest absolute Gasteiger partial charge is 0.197 e. The molecule has 2 aromatic rings. The van der Waals surface area contributed by atoms with E-state index in [0.717, 1.165) is 49.0 Å². The number of para-hydroxylation sites is 1. The maximum Gasteiger partial charge on any atom is 0.197 e. The van der Waals surface area contributed by atoms with Gasteiger partial charge in [0.15, 0.2) is 12.6 Å². The minimum Gasteiger partial charge on any atom is -0.465 e. The van der Waals surface area contributed by atoms with Gasteiger partial charge in [-0.1, -0.05) is 65.0 Å². The van der Waals surface area contributed by atoms with E-state index in [1.54, 1.807) is 0 Å². The van der Waals surface area contributed by atoms with E-state index >= 15 is 0 Å². The van der Waals surface area contributed by atoms with Crippen LogP contribution in [0.2, 0.25) is 0 Å². The minimum absolute atomic E-state index is 0.216. The Hall–Kier alpha value is -2.04. The zero-order valence-electron chi connectivity index (χ0n) is 26.1. The van der Waals surface area contributed by atoms with Crippen molar-refractivity contribution >= 4 is 0 Å². The van der Waals surface area contributed by atoms with Gasteiger partial charge in [-0.2, -0.15) is 0 Å². The van der Waals surface area contributed by atoms with E-state index < -0.39 is 0 Å². The van der Waals surface area contributed by atoms with Crippen molar-refractivity contribution in [2.45, 2.75) is 131 Å². The SMILES string of the molecule is CC(Oc1ccccc1)OC1CCC(C(C)(C)C2CCC(OC(C)Oc3ccc(C(C)C(C)C)cc3)CC2)CC1. The Kier molecular flexibility index (Phi) is 11.0. The van der Waals surface area contributed by atoms with Crippen LogP contribution >= 0.6 is 0 Å². The number of benzene rings is 2. The standard InChI is InChI=1S/C36H54O4/c1-25(2)26(3)29-13-19-33(20-14-29)38-28(5)40-35-23-17-31(18-24-35)36(6,7)30-15-21-34(22-16-30)39-27(4)37-32-11-9-8-10-12-32/h8-14,19-20,25-28,30-31,34-35H,15-18,21-24H2,1-7H3. The van der Waals surface area contributed by atoms with Crippen molar-refractivity contribution in [1.29, 1.82) is 0 Å². The van der Waals surface area contributed by atoms with Crippen LogP contribution in [0.15, 0.2) is 54.6 Å². The lowest BCUT2D eigenvalue weighted by atomic mass is 9.60. The van der Waals surface area contributed by atoms with Crippen molar-refractivity contribution < 1.29 is 18.9 Å². The summed E-state index contributed by atoms with van der Waals surface area (Å²) < 4.78 is 24.7. The predicted octanol–water partition coefficient (Wildman–Crippen LogP) is 9.77. The van der Waals surface area contributed by atoms with Crippen LogP contribution in [0.1, 0.15) is 111 Å². The molecular formula is C36H54O4. The second kappa shape index (κ2) is 14.2. The molecule has 222 valence electrons. The van der Waals surface area contributed by atoms with Crippen LogP contribution in [-0.2, 0) is 9.47 Å². The molecule has 3 unspecified atom stereocenters. The number of hydrogen-bond donors (Lipinski definition) is 0. The van der Waals surface area contributed by atoms with Crippen LogP contribution < -0.4 is 9.47 Å². The molecule has 0 aliphatic heterocycles. The lowest BCUT2D eigenvalue weighted by Crippen LogP contribution is -2.40. The molecule has 0 bridgehead atoms. The van der Waals surface area contributed by atoms with Crippen molar-refractivity contribution in [3.63, 3.8) is 0 Å². The van der Waals surface area contributed by atoms with Crippen molar-refractivity contribution in [2.75, 3.05) is 0 Å². The highest BCUT2D eigenvalue weighted by atomic mass is 16.7. The van der Waals surface area contributed by atoms with Gasteiger partial charge in [-0.25, -0.2) is 0 Å². The monoisotopic (exact) mass is 550 g/mol. The highest BCUT2D eigenvalue weighted by Crippen LogP contribution is 2.49. The summed E-state index contributed by atoms with van der Waals surface area (Å²) >= 11 is 0. The van der Waals surface area contributed by atoms with Gasteiger partial charge in [0.1, 0.15) is 11.5 Å². The molecule has 2 fully saturated rings. The first-order chi connectivity index (χ1) is 19.1. The van der Waals surface area contributed by atoms with Gasteiger partial charge in [-0.05, 0) is 124 Å². The Morgan fingerprint density at radius 2 is 1.00 bits per heavy atom. The van der Waals surface area contributed by atoms with E-state index in [-0.39, 0.29) is 18.7 Å². The van der Waals surface area contributed by atoms with Crippen molar-refractivity contribution in [3.8, 4) is 11.5 Å². The van der Waals surface area contributed by atoms with Crippen molar-refractivity contribution in [1.82, 2.24) is 0 Å². The average molecular weight is 551 g/mol. The van der Waals surface area contributed by atoms with Crippen LogP contribution in [0.25, 0.3) is 0 Å². The van der Waals surface area contributed by atoms with E-state index in [0.29, 0.717) is 23.4 Å². The van der Waals surface area contributed by atoms with E-state index in [4.69, 9.17) is 18.9 Å². The lowest BCUT2D eigenvalue weighted by molar-refractivity contribution is -0.132. The Morgan fingerprint density at radius 3 is 1.43 bits per heavy atom. The molecule has 2 saturated carbocycles. The molecule has 2 aliphatic rings. The quantitative estimate of drug-likeness (QED) is 0.246. The molecule has 3 atom stereocenters. The number of ether oxygens (including phenoxy) is 4. The second-order valence-electron chi connectivity index (χ2n) is 13.3. The molecule has 2 aromatic carbocycles. The Labute approximate surface area is 244 Å². The van der Waals surface area contributed by atoms with Crippen LogP contribution in [0, 0.1) is 23.2 Å². The van der Waals surface area contributed by atoms with Crippen LogP contribution in [0.5, 0.6) is 11.5 Å². The Bertz CT molecular complexity index is 985. The first-order valence-corrected chi connectivity index (χ1v) is 15.9. The summed E-state index contributed by atoms with van der Waals surface area (Å²) in [5, 5.41) is 0. The molecule has 2 aliphatic carbocycles. The van der Waals surface area contributed by atoms with Gasteiger partial charge >= 0.3 is 0 Å². The Balaban J connectivity index is 1.17. The first kappa shape index (κ1) is 30.9. The zero-order chi connectivity index (χ0) is 28.7. The molecule has 4 rings (SSSR count). The second-order valence-corrected chi connectivity index (χ2v) is 13.3. The van der Waals surface area contributed by atoms with E-state index in [1.807, 2.05) is 44.2 Å². The minimum atomic E-state index is -0.230. The van der Waals surface area contributed by atoms with Crippen molar-refractivity contribution in [3.05, 3.63) is 60.2 Å². The van der Waals surface area contributed by atoms with E-state index in [9.17, 15) is 0 Å². The van der Waals surface area contributed by atoms with Crippen molar-refractivity contribution in [2.24, 2.45) is 23.2 Å². The third-order valence-corrected chi connectivity index (χ3v) is 9.97. The number of rotatable bonds is 12. The summed E-state index contributed by atoms with van der Waals surface area (Å²) in [5.41, 5.74) is 1.71. The summed E-state index contributed by atoms with van der Waals surface area (Å²) in [5.74, 6) is 4.45. The Morgan fingerprint density at radius 1 is 0.575 bits per heavy atom. The third-order valence-electron chi connectivity index (χ3n) is 9.97. The number of hydrogen-bond acceptors (Lipinski definition) is 4. The fraction of sp³-hybridized carbons (Fsp3) is 0.667. The molecule has 0 heterocycles. The molecule has 0 aromatic heterocycles.